The quantitative estimate of drug-likeness (QED) is 0.915. The Morgan fingerprint density at radius 1 is 1.33 bits per heavy atom. The third-order valence-corrected chi connectivity index (χ3v) is 5.97. The van der Waals surface area contributed by atoms with E-state index in [9.17, 15) is 4.79 Å². The molecule has 0 aliphatic heterocycles. The van der Waals surface area contributed by atoms with Gasteiger partial charge in [-0.05, 0) is 55.6 Å². The third kappa shape index (κ3) is 2.97. The van der Waals surface area contributed by atoms with Crippen LogP contribution in [-0.2, 0) is 6.54 Å². The van der Waals surface area contributed by atoms with Crippen molar-refractivity contribution in [3.05, 3.63) is 54.1 Å². The van der Waals surface area contributed by atoms with Crippen molar-refractivity contribution in [1.82, 2.24) is 14.9 Å². The highest BCUT2D eigenvalue weighted by Gasteiger charge is 2.42. The van der Waals surface area contributed by atoms with E-state index < -0.39 is 0 Å². The van der Waals surface area contributed by atoms with Gasteiger partial charge in [0, 0.05) is 30.5 Å². The molecule has 1 aromatic heterocycles. The average molecular weight is 323 g/mol. The van der Waals surface area contributed by atoms with Crippen LogP contribution in [0.15, 0.2) is 43.0 Å². The van der Waals surface area contributed by atoms with Crippen molar-refractivity contribution < 1.29 is 4.79 Å². The first-order valence-electron chi connectivity index (χ1n) is 9.05. The van der Waals surface area contributed by atoms with E-state index in [1.165, 1.54) is 25.7 Å². The maximum Gasteiger partial charge on any atom is 0.251 e. The van der Waals surface area contributed by atoms with Crippen molar-refractivity contribution in [2.45, 2.75) is 45.2 Å². The highest BCUT2D eigenvalue weighted by molar-refractivity contribution is 5.95. The fourth-order valence-electron chi connectivity index (χ4n) is 4.75. The Balaban J connectivity index is 1.46. The number of benzene rings is 1. The van der Waals surface area contributed by atoms with Crippen LogP contribution in [0.1, 0.15) is 48.5 Å². The molecule has 2 bridgehead atoms. The molecule has 1 heterocycles. The van der Waals surface area contributed by atoms with Crippen LogP contribution in [0.4, 0.5) is 0 Å². The lowest BCUT2D eigenvalue weighted by Crippen LogP contribution is -2.40. The molecule has 0 unspecified atom stereocenters. The zero-order valence-electron chi connectivity index (χ0n) is 14.2. The van der Waals surface area contributed by atoms with Gasteiger partial charge in [0.1, 0.15) is 0 Å². The van der Waals surface area contributed by atoms with Gasteiger partial charge in [-0.25, -0.2) is 4.98 Å². The largest absolute Gasteiger partial charge is 0.349 e. The van der Waals surface area contributed by atoms with Gasteiger partial charge >= 0.3 is 0 Å². The predicted molar refractivity (Wildman–Crippen MR) is 93.6 cm³/mol. The van der Waals surface area contributed by atoms with Crippen molar-refractivity contribution in [3.63, 3.8) is 0 Å². The average Bonchev–Trinajstić information content (AvgIpc) is 3.33. The summed E-state index contributed by atoms with van der Waals surface area (Å²) in [5.41, 5.74) is 1.81. The number of carbonyl (C=O) groups is 1. The molecule has 2 aliphatic carbocycles. The van der Waals surface area contributed by atoms with Crippen LogP contribution in [0, 0.1) is 17.8 Å². The Hall–Kier alpha value is -2.10. The number of nitrogens with zero attached hydrogens (tertiary/aromatic N) is 2. The minimum atomic E-state index is 0.0565. The Labute approximate surface area is 143 Å². The van der Waals surface area contributed by atoms with Crippen LogP contribution in [0.25, 0.3) is 0 Å². The van der Waals surface area contributed by atoms with Gasteiger partial charge in [0.15, 0.2) is 0 Å². The Kier molecular flexibility index (Phi) is 4.13. The number of aromatic nitrogens is 2. The molecule has 4 rings (SSSR count). The van der Waals surface area contributed by atoms with Crippen molar-refractivity contribution in [2.24, 2.45) is 17.8 Å². The summed E-state index contributed by atoms with van der Waals surface area (Å²) in [6.07, 6.45) is 10.9. The second-order valence-electron chi connectivity index (χ2n) is 7.49. The molecule has 4 heteroatoms. The van der Waals surface area contributed by atoms with Crippen LogP contribution in [0.2, 0.25) is 0 Å². The predicted octanol–water partition coefficient (Wildman–Crippen LogP) is 3.49. The molecule has 0 spiro atoms. The van der Waals surface area contributed by atoms with Gasteiger partial charge in [0.05, 0.1) is 6.33 Å². The van der Waals surface area contributed by atoms with Crippen LogP contribution < -0.4 is 5.32 Å². The molecule has 2 aliphatic rings. The monoisotopic (exact) mass is 323 g/mol. The highest BCUT2D eigenvalue weighted by Crippen LogP contribution is 2.49. The van der Waals surface area contributed by atoms with Crippen LogP contribution in [0.3, 0.4) is 0 Å². The van der Waals surface area contributed by atoms with Gasteiger partial charge in [-0.15, -0.1) is 0 Å². The van der Waals surface area contributed by atoms with E-state index in [2.05, 4.69) is 17.2 Å². The van der Waals surface area contributed by atoms with E-state index in [0.29, 0.717) is 12.5 Å². The SMILES string of the molecule is C[C@H](NC(=O)c1ccccc1Cn1ccnc1)[C@H]1C[C@H]2CC[C@H]1C2. The maximum atomic E-state index is 12.8. The second-order valence-corrected chi connectivity index (χ2v) is 7.49. The molecule has 0 radical (unpaired) electrons. The maximum absolute atomic E-state index is 12.8. The molecule has 1 aromatic carbocycles. The zero-order chi connectivity index (χ0) is 16.5. The molecule has 4 atom stereocenters. The number of hydrogen-bond donors (Lipinski definition) is 1. The van der Waals surface area contributed by atoms with E-state index >= 15 is 0 Å². The summed E-state index contributed by atoms with van der Waals surface area (Å²) in [6.45, 7) is 2.86. The molecule has 2 fully saturated rings. The summed E-state index contributed by atoms with van der Waals surface area (Å²) in [7, 11) is 0. The lowest BCUT2D eigenvalue weighted by molar-refractivity contribution is 0.0914. The zero-order valence-corrected chi connectivity index (χ0v) is 14.2. The minimum Gasteiger partial charge on any atom is -0.349 e. The molecule has 24 heavy (non-hydrogen) atoms. The Morgan fingerprint density at radius 3 is 2.92 bits per heavy atom. The van der Waals surface area contributed by atoms with Crippen molar-refractivity contribution in [1.29, 1.82) is 0 Å². The van der Waals surface area contributed by atoms with Crippen LogP contribution >= 0.6 is 0 Å². The van der Waals surface area contributed by atoms with Gasteiger partial charge in [-0.1, -0.05) is 24.6 Å². The standard InChI is InChI=1S/C20H25N3O/c1-14(19-11-15-6-7-16(19)10-15)22-20(24)18-5-3-2-4-17(18)12-23-9-8-21-13-23/h2-5,8-9,13-16,19H,6-7,10-12H2,1H3,(H,22,24)/t14-,15-,16-,19+/m0/s1. The first kappa shape index (κ1) is 15.4. The van der Waals surface area contributed by atoms with Gasteiger partial charge in [-0.3, -0.25) is 4.79 Å². The minimum absolute atomic E-state index is 0.0565. The number of rotatable bonds is 5. The Bertz CT molecular complexity index is 709. The summed E-state index contributed by atoms with van der Waals surface area (Å²) in [4.78, 5) is 16.9. The number of fused-ring (bicyclic) bond motifs is 2. The van der Waals surface area contributed by atoms with Crippen molar-refractivity contribution in [3.8, 4) is 0 Å². The Morgan fingerprint density at radius 2 is 2.21 bits per heavy atom. The molecule has 4 nitrogen and oxygen atoms in total. The fraction of sp³-hybridized carbons (Fsp3) is 0.500. The molecule has 0 saturated heterocycles. The molecule has 1 N–H and O–H groups in total. The number of carbonyl (C=O) groups excluding carboxylic acids is 1. The number of nitrogens with one attached hydrogen (secondary N) is 1. The van der Waals surface area contributed by atoms with E-state index in [-0.39, 0.29) is 11.9 Å². The lowest BCUT2D eigenvalue weighted by atomic mass is 9.84. The lowest BCUT2D eigenvalue weighted by Gasteiger charge is -2.28. The highest BCUT2D eigenvalue weighted by atomic mass is 16.1. The van der Waals surface area contributed by atoms with E-state index in [0.717, 1.165) is 23.0 Å². The topological polar surface area (TPSA) is 46.9 Å². The van der Waals surface area contributed by atoms with E-state index in [1.54, 1.807) is 12.5 Å². The van der Waals surface area contributed by atoms with Gasteiger partial charge in [-0.2, -0.15) is 0 Å². The molecule has 126 valence electrons. The fourth-order valence-corrected chi connectivity index (χ4v) is 4.75. The molecule has 1 amide bonds. The number of hydrogen-bond acceptors (Lipinski definition) is 2. The van der Waals surface area contributed by atoms with Gasteiger partial charge < -0.3 is 9.88 Å². The first-order valence-corrected chi connectivity index (χ1v) is 9.05. The van der Waals surface area contributed by atoms with Gasteiger partial charge in [0.25, 0.3) is 5.91 Å². The molecular weight excluding hydrogens is 298 g/mol. The van der Waals surface area contributed by atoms with Crippen molar-refractivity contribution in [2.75, 3.05) is 0 Å². The number of imidazole rings is 1. The van der Waals surface area contributed by atoms with Crippen LogP contribution in [-0.4, -0.2) is 21.5 Å². The summed E-state index contributed by atoms with van der Waals surface area (Å²) < 4.78 is 1.99. The number of amides is 1. The molecule has 2 aromatic rings. The summed E-state index contributed by atoms with van der Waals surface area (Å²) >= 11 is 0. The summed E-state index contributed by atoms with van der Waals surface area (Å²) in [5, 5.41) is 3.28. The van der Waals surface area contributed by atoms with Gasteiger partial charge in [0.2, 0.25) is 0 Å². The summed E-state index contributed by atoms with van der Waals surface area (Å²) in [6, 6.07) is 8.14. The summed E-state index contributed by atoms with van der Waals surface area (Å²) in [5.74, 6) is 2.45. The first-order chi connectivity index (χ1) is 11.7. The molecular formula is C20H25N3O. The normalized spacial score (nSPS) is 26.5. The van der Waals surface area contributed by atoms with Crippen molar-refractivity contribution >= 4 is 5.91 Å². The third-order valence-electron chi connectivity index (χ3n) is 5.97. The van der Waals surface area contributed by atoms with E-state index in [1.807, 2.05) is 35.0 Å². The second kappa shape index (κ2) is 6.42. The van der Waals surface area contributed by atoms with Crippen LogP contribution in [0.5, 0.6) is 0 Å². The smallest absolute Gasteiger partial charge is 0.251 e. The van der Waals surface area contributed by atoms with E-state index in [4.69, 9.17) is 0 Å². The molecule has 2 saturated carbocycles.